The summed E-state index contributed by atoms with van der Waals surface area (Å²) in [6.07, 6.45) is 0.346. The Morgan fingerprint density at radius 3 is 2.21 bits per heavy atom. The summed E-state index contributed by atoms with van der Waals surface area (Å²) in [6, 6.07) is 1.82. The second kappa shape index (κ2) is 7.26. The Morgan fingerprint density at radius 1 is 1.00 bits per heavy atom. The number of benzene rings is 1. The van der Waals surface area contributed by atoms with E-state index in [4.69, 9.17) is 4.74 Å². The van der Waals surface area contributed by atoms with Crippen LogP contribution in [0.1, 0.15) is 17.5 Å². The number of ether oxygens (including phenoxy) is 1. The summed E-state index contributed by atoms with van der Waals surface area (Å²) in [5.41, 5.74) is 1.62. The Balaban J connectivity index is 1.98. The van der Waals surface area contributed by atoms with Crippen molar-refractivity contribution in [1.29, 1.82) is 0 Å². The van der Waals surface area contributed by atoms with Crippen molar-refractivity contribution in [3.05, 3.63) is 23.3 Å². The van der Waals surface area contributed by atoms with Crippen LogP contribution in [0.5, 0.6) is 5.75 Å². The summed E-state index contributed by atoms with van der Waals surface area (Å²) in [5.74, 6) is -0.742. The molecule has 158 valence electrons. The van der Waals surface area contributed by atoms with Crippen LogP contribution < -0.4 is 10.1 Å². The number of hydrogen-bond donors (Lipinski definition) is 1. The fourth-order valence-corrected chi connectivity index (χ4v) is 10.4. The van der Waals surface area contributed by atoms with Gasteiger partial charge >= 0.3 is 0 Å². The van der Waals surface area contributed by atoms with Crippen molar-refractivity contribution >= 4 is 29.5 Å². The third-order valence-electron chi connectivity index (χ3n) is 5.47. The summed E-state index contributed by atoms with van der Waals surface area (Å²) in [7, 11) is -9.41. The van der Waals surface area contributed by atoms with Crippen LogP contribution >= 0.6 is 0 Å². The summed E-state index contributed by atoms with van der Waals surface area (Å²) in [6.45, 7) is 3.61. The van der Waals surface area contributed by atoms with E-state index in [1.807, 2.05) is 6.92 Å². The van der Waals surface area contributed by atoms with Gasteiger partial charge in [-0.15, -0.1) is 0 Å². The number of methoxy groups -OCH3 is 1. The molecule has 0 aliphatic carbocycles. The van der Waals surface area contributed by atoms with Crippen molar-refractivity contribution in [3.8, 4) is 5.75 Å². The molecule has 1 aromatic rings. The van der Waals surface area contributed by atoms with Crippen molar-refractivity contribution in [2.45, 2.75) is 42.5 Å². The SMILES string of the molecule is COc1cc(C)c(C)cc1S(=O)(=O)[C@H]1CS(=O)(=O)C[C@@H]1NC1CCS(=O)(=O)C1. The molecule has 0 aromatic heterocycles. The van der Waals surface area contributed by atoms with Crippen LogP contribution in [0.4, 0.5) is 0 Å². The van der Waals surface area contributed by atoms with Gasteiger partial charge in [-0.25, -0.2) is 25.3 Å². The number of rotatable bonds is 5. The molecule has 8 nitrogen and oxygen atoms in total. The normalized spacial score (nSPS) is 29.0. The second-order valence-corrected chi connectivity index (χ2v) is 14.1. The molecule has 0 saturated carbocycles. The first kappa shape index (κ1) is 21.5. The average molecular weight is 452 g/mol. The smallest absolute Gasteiger partial charge is 0.187 e. The Morgan fingerprint density at radius 2 is 1.64 bits per heavy atom. The van der Waals surface area contributed by atoms with Gasteiger partial charge in [0.2, 0.25) is 0 Å². The van der Waals surface area contributed by atoms with Gasteiger partial charge in [0.05, 0.1) is 35.4 Å². The fourth-order valence-electron chi connectivity index (χ4n) is 3.81. The average Bonchev–Trinajstić information content (AvgIpc) is 3.08. The summed E-state index contributed by atoms with van der Waals surface area (Å²) >= 11 is 0. The maximum Gasteiger partial charge on any atom is 0.187 e. The minimum Gasteiger partial charge on any atom is -0.495 e. The van der Waals surface area contributed by atoms with Gasteiger partial charge < -0.3 is 10.1 Å². The van der Waals surface area contributed by atoms with Crippen molar-refractivity contribution in [3.63, 3.8) is 0 Å². The summed E-state index contributed by atoms with van der Waals surface area (Å²) in [5, 5.41) is 1.80. The van der Waals surface area contributed by atoms with E-state index in [0.717, 1.165) is 11.1 Å². The molecule has 28 heavy (non-hydrogen) atoms. The molecule has 3 atom stereocenters. The van der Waals surface area contributed by atoms with Crippen molar-refractivity contribution < 1.29 is 30.0 Å². The number of aryl methyl sites for hydroxylation is 2. The Hall–Kier alpha value is -1.17. The molecule has 2 aliphatic rings. The third-order valence-corrected chi connectivity index (χ3v) is 11.4. The molecule has 11 heteroatoms. The standard InChI is InChI=1S/C17H25NO7S3/c1-11-6-15(25-3)16(7-12(11)2)28(23,24)17-10-27(21,22)9-14(17)18-13-4-5-26(19,20)8-13/h6-7,13-14,17-18H,4-5,8-10H2,1-3H3/t13?,14-,17-/m0/s1. The molecule has 2 fully saturated rings. The van der Waals surface area contributed by atoms with Crippen molar-refractivity contribution in [2.75, 3.05) is 30.1 Å². The van der Waals surface area contributed by atoms with Crippen LogP contribution in [-0.2, 0) is 29.5 Å². The highest BCUT2D eigenvalue weighted by Crippen LogP contribution is 2.34. The van der Waals surface area contributed by atoms with Gasteiger partial charge in [0, 0.05) is 12.1 Å². The van der Waals surface area contributed by atoms with E-state index in [1.54, 1.807) is 13.0 Å². The number of hydrogen-bond acceptors (Lipinski definition) is 8. The zero-order valence-electron chi connectivity index (χ0n) is 16.0. The zero-order valence-corrected chi connectivity index (χ0v) is 18.5. The first-order valence-electron chi connectivity index (χ1n) is 8.91. The lowest BCUT2D eigenvalue weighted by molar-refractivity contribution is 0.401. The topological polar surface area (TPSA) is 124 Å². The highest BCUT2D eigenvalue weighted by atomic mass is 32.2. The van der Waals surface area contributed by atoms with Crippen molar-refractivity contribution in [1.82, 2.24) is 5.32 Å². The van der Waals surface area contributed by atoms with Crippen LogP contribution in [0.2, 0.25) is 0 Å². The van der Waals surface area contributed by atoms with E-state index in [0.29, 0.717) is 6.42 Å². The third kappa shape index (κ3) is 4.22. The molecular formula is C17H25NO7S3. The molecule has 0 amide bonds. The van der Waals surface area contributed by atoms with Gasteiger partial charge in [-0.3, -0.25) is 0 Å². The lowest BCUT2D eigenvalue weighted by Crippen LogP contribution is -2.48. The molecule has 1 N–H and O–H groups in total. The Labute approximate surface area is 166 Å². The first-order valence-corrected chi connectivity index (χ1v) is 14.1. The predicted octanol–water partition coefficient (Wildman–Crippen LogP) is 0.0280. The van der Waals surface area contributed by atoms with E-state index in [2.05, 4.69) is 5.32 Å². The number of nitrogens with one attached hydrogen (secondary N) is 1. The van der Waals surface area contributed by atoms with Gasteiger partial charge in [0.25, 0.3) is 0 Å². The first-order chi connectivity index (χ1) is 12.8. The van der Waals surface area contributed by atoms with E-state index in [1.165, 1.54) is 13.2 Å². The molecule has 0 radical (unpaired) electrons. The molecule has 2 heterocycles. The molecule has 1 aromatic carbocycles. The minimum atomic E-state index is -4.03. The lowest BCUT2D eigenvalue weighted by Gasteiger charge is -2.24. The highest BCUT2D eigenvalue weighted by molar-refractivity contribution is 7.96. The zero-order chi connectivity index (χ0) is 20.9. The summed E-state index contributed by atoms with van der Waals surface area (Å²) < 4.78 is 79.9. The number of sulfone groups is 3. The monoisotopic (exact) mass is 451 g/mol. The summed E-state index contributed by atoms with van der Waals surface area (Å²) in [4.78, 5) is -0.0361. The van der Waals surface area contributed by atoms with E-state index in [-0.39, 0.29) is 27.9 Å². The molecule has 1 unspecified atom stereocenters. The predicted molar refractivity (Wildman–Crippen MR) is 106 cm³/mol. The van der Waals surface area contributed by atoms with Gasteiger partial charge in [0.1, 0.15) is 10.6 Å². The molecular weight excluding hydrogens is 426 g/mol. The molecule has 0 spiro atoms. The van der Waals surface area contributed by atoms with Crippen LogP contribution in [0.25, 0.3) is 0 Å². The van der Waals surface area contributed by atoms with E-state index in [9.17, 15) is 25.3 Å². The maximum absolute atomic E-state index is 13.4. The Bertz CT molecular complexity index is 1090. The van der Waals surface area contributed by atoms with Crippen LogP contribution in [0.3, 0.4) is 0 Å². The molecule has 2 aliphatic heterocycles. The minimum absolute atomic E-state index is 0.0204. The van der Waals surface area contributed by atoms with E-state index >= 15 is 0 Å². The Kier molecular flexibility index (Phi) is 5.59. The van der Waals surface area contributed by atoms with Gasteiger partial charge in [-0.2, -0.15) is 0 Å². The van der Waals surface area contributed by atoms with Gasteiger partial charge in [-0.05, 0) is 43.5 Å². The largest absolute Gasteiger partial charge is 0.495 e. The second-order valence-electron chi connectivity index (χ2n) is 7.62. The maximum atomic E-state index is 13.4. The lowest BCUT2D eigenvalue weighted by atomic mass is 10.1. The van der Waals surface area contributed by atoms with E-state index < -0.39 is 52.6 Å². The highest BCUT2D eigenvalue weighted by Gasteiger charge is 2.48. The van der Waals surface area contributed by atoms with Gasteiger partial charge in [-0.1, -0.05) is 0 Å². The molecule has 3 rings (SSSR count). The molecule has 2 saturated heterocycles. The molecule has 0 bridgehead atoms. The van der Waals surface area contributed by atoms with Crippen LogP contribution in [-0.4, -0.2) is 72.7 Å². The van der Waals surface area contributed by atoms with Crippen LogP contribution in [0.15, 0.2) is 17.0 Å². The van der Waals surface area contributed by atoms with Crippen molar-refractivity contribution in [2.24, 2.45) is 0 Å². The van der Waals surface area contributed by atoms with Crippen LogP contribution in [0, 0.1) is 13.8 Å². The quantitative estimate of drug-likeness (QED) is 0.665. The van der Waals surface area contributed by atoms with Gasteiger partial charge in [0.15, 0.2) is 29.5 Å². The fraction of sp³-hybridized carbons (Fsp3) is 0.647.